The first kappa shape index (κ1) is 14.1. The monoisotopic (exact) mass is 279 g/mol. The molecule has 2 rings (SSSR count). The molecule has 0 bridgehead atoms. The van der Waals surface area contributed by atoms with Gasteiger partial charge >= 0.3 is 5.97 Å². The van der Waals surface area contributed by atoms with Gasteiger partial charge in [0.2, 0.25) is 0 Å². The third-order valence-corrected chi connectivity index (χ3v) is 2.64. The molecule has 0 aliphatic heterocycles. The highest BCUT2D eigenvalue weighted by atomic mass is 19.1. The molecule has 6 nitrogen and oxygen atoms in total. The second-order valence-corrected chi connectivity index (χ2v) is 4.11. The van der Waals surface area contributed by atoms with E-state index < -0.39 is 12.1 Å². The number of aromatic nitrogens is 3. The first-order valence-electron chi connectivity index (χ1n) is 6.11. The van der Waals surface area contributed by atoms with Gasteiger partial charge in [-0.25, -0.2) is 13.9 Å². The van der Waals surface area contributed by atoms with E-state index >= 15 is 0 Å². The normalized spacial score (nSPS) is 12.2. The lowest BCUT2D eigenvalue weighted by Gasteiger charge is -2.10. The maximum atomic E-state index is 12.8. The van der Waals surface area contributed by atoms with Crippen LogP contribution in [0.4, 0.5) is 4.39 Å². The van der Waals surface area contributed by atoms with Gasteiger partial charge in [0.1, 0.15) is 5.82 Å². The van der Waals surface area contributed by atoms with Crippen molar-refractivity contribution in [2.75, 3.05) is 6.61 Å². The lowest BCUT2D eigenvalue weighted by Crippen LogP contribution is -2.09. The molecule has 0 unspecified atom stereocenters. The molecule has 0 aliphatic carbocycles. The number of halogens is 1. The van der Waals surface area contributed by atoms with E-state index in [1.54, 1.807) is 6.92 Å². The van der Waals surface area contributed by atoms with Gasteiger partial charge in [-0.3, -0.25) is 0 Å². The number of rotatable bonds is 5. The van der Waals surface area contributed by atoms with Crippen LogP contribution < -0.4 is 0 Å². The molecule has 1 heterocycles. The van der Waals surface area contributed by atoms with Crippen LogP contribution in [0.5, 0.6) is 0 Å². The van der Waals surface area contributed by atoms with E-state index in [1.807, 2.05) is 0 Å². The first-order chi connectivity index (χ1) is 9.60. The SMILES string of the molecule is CCOC(=O)c1cn(C[C@H](O)c2ccc(F)cc2)nn1. The smallest absolute Gasteiger partial charge is 0.360 e. The van der Waals surface area contributed by atoms with Gasteiger partial charge in [-0.2, -0.15) is 0 Å². The Kier molecular flexibility index (Phi) is 4.41. The highest BCUT2D eigenvalue weighted by Crippen LogP contribution is 2.15. The minimum absolute atomic E-state index is 0.0816. The fourth-order valence-electron chi connectivity index (χ4n) is 1.65. The van der Waals surface area contributed by atoms with Crippen LogP contribution in [0.25, 0.3) is 0 Å². The number of ether oxygens (including phenoxy) is 1. The van der Waals surface area contributed by atoms with Gasteiger partial charge in [-0.05, 0) is 24.6 Å². The van der Waals surface area contributed by atoms with Crippen LogP contribution >= 0.6 is 0 Å². The zero-order valence-electron chi connectivity index (χ0n) is 10.9. The molecular formula is C13H14FN3O3. The molecular weight excluding hydrogens is 265 g/mol. The summed E-state index contributed by atoms with van der Waals surface area (Å²) in [6.45, 7) is 2.06. The summed E-state index contributed by atoms with van der Waals surface area (Å²) in [5, 5.41) is 17.4. The second-order valence-electron chi connectivity index (χ2n) is 4.11. The summed E-state index contributed by atoms with van der Waals surface area (Å²) in [7, 11) is 0. The Morgan fingerprint density at radius 2 is 2.15 bits per heavy atom. The lowest BCUT2D eigenvalue weighted by molar-refractivity contribution is 0.0519. The fraction of sp³-hybridized carbons (Fsp3) is 0.308. The molecule has 20 heavy (non-hydrogen) atoms. The number of carbonyl (C=O) groups is 1. The molecule has 0 amide bonds. The van der Waals surface area contributed by atoms with Crippen molar-refractivity contribution in [1.29, 1.82) is 0 Å². The number of nitrogens with zero attached hydrogens (tertiary/aromatic N) is 3. The zero-order chi connectivity index (χ0) is 14.5. The van der Waals surface area contributed by atoms with E-state index in [2.05, 4.69) is 10.3 Å². The van der Waals surface area contributed by atoms with Crippen molar-refractivity contribution >= 4 is 5.97 Å². The van der Waals surface area contributed by atoms with Gasteiger partial charge in [0.25, 0.3) is 0 Å². The Hall–Kier alpha value is -2.28. The van der Waals surface area contributed by atoms with Crippen molar-refractivity contribution in [2.24, 2.45) is 0 Å². The Labute approximate surface area is 114 Å². The molecule has 7 heteroatoms. The molecule has 1 aromatic heterocycles. The standard InChI is InChI=1S/C13H14FN3O3/c1-2-20-13(19)11-7-17(16-15-11)8-12(18)9-3-5-10(14)6-4-9/h3-7,12,18H,2,8H2,1H3/t12-/m0/s1. The molecule has 1 atom stereocenters. The van der Waals surface area contributed by atoms with Crippen LogP contribution in [0.15, 0.2) is 30.5 Å². The van der Waals surface area contributed by atoms with Crippen molar-refractivity contribution in [3.63, 3.8) is 0 Å². The summed E-state index contributed by atoms with van der Waals surface area (Å²) in [5.41, 5.74) is 0.637. The van der Waals surface area contributed by atoms with Gasteiger partial charge in [-0.15, -0.1) is 5.10 Å². The Morgan fingerprint density at radius 3 is 2.80 bits per heavy atom. The summed E-state index contributed by atoms with van der Waals surface area (Å²) in [6.07, 6.45) is 0.525. The van der Waals surface area contributed by atoms with E-state index in [4.69, 9.17) is 4.74 Å². The molecule has 2 aromatic rings. The number of esters is 1. The predicted molar refractivity (Wildman–Crippen MR) is 67.3 cm³/mol. The quantitative estimate of drug-likeness (QED) is 0.835. The molecule has 0 aliphatic rings. The van der Waals surface area contributed by atoms with Crippen LogP contribution in [0.2, 0.25) is 0 Å². The van der Waals surface area contributed by atoms with Crippen molar-refractivity contribution in [2.45, 2.75) is 19.6 Å². The number of aliphatic hydroxyl groups is 1. The van der Waals surface area contributed by atoms with Gasteiger partial charge in [0, 0.05) is 0 Å². The van der Waals surface area contributed by atoms with E-state index in [-0.39, 0.29) is 24.7 Å². The second kappa shape index (κ2) is 6.25. The Morgan fingerprint density at radius 1 is 1.45 bits per heavy atom. The van der Waals surface area contributed by atoms with Gasteiger partial charge < -0.3 is 9.84 Å². The molecule has 0 radical (unpaired) electrons. The zero-order valence-corrected chi connectivity index (χ0v) is 10.9. The summed E-state index contributed by atoms with van der Waals surface area (Å²) < 4.78 is 18.9. The van der Waals surface area contributed by atoms with E-state index in [0.717, 1.165) is 0 Å². The van der Waals surface area contributed by atoms with Crippen LogP contribution in [-0.2, 0) is 11.3 Å². The van der Waals surface area contributed by atoms with Crippen LogP contribution in [0, 0.1) is 5.82 Å². The molecule has 0 spiro atoms. The molecule has 0 saturated heterocycles. The number of benzene rings is 1. The van der Waals surface area contributed by atoms with Crippen LogP contribution in [0.1, 0.15) is 29.1 Å². The van der Waals surface area contributed by atoms with Crippen molar-refractivity contribution in [1.82, 2.24) is 15.0 Å². The highest BCUT2D eigenvalue weighted by molar-refractivity contribution is 5.86. The van der Waals surface area contributed by atoms with E-state index in [0.29, 0.717) is 5.56 Å². The molecule has 1 aromatic carbocycles. The minimum atomic E-state index is -0.868. The predicted octanol–water partition coefficient (Wildman–Crippen LogP) is 1.33. The maximum absolute atomic E-state index is 12.8. The minimum Gasteiger partial charge on any atom is -0.461 e. The van der Waals surface area contributed by atoms with Crippen molar-refractivity contribution in [3.8, 4) is 0 Å². The average molecular weight is 279 g/mol. The third kappa shape index (κ3) is 3.39. The van der Waals surface area contributed by atoms with Crippen molar-refractivity contribution < 1.29 is 19.0 Å². The topological polar surface area (TPSA) is 77.2 Å². The van der Waals surface area contributed by atoms with Gasteiger partial charge in [0.05, 0.1) is 25.5 Å². The summed E-state index contributed by atoms with van der Waals surface area (Å²) in [5.74, 6) is -0.929. The number of carbonyl (C=O) groups excluding carboxylic acids is 1. The van der Waals surface area contributed by atoms with Crippen molar-refractivity contribution in [3.05, 3.63) is 47.5 Å². The summed E-state index contributed by atoms with van der Waals surface area (Å²) in [6, 6.07) is 5.51. The Balaban J connectivity index is 2.03. The first-order valence-corrected chi connectivity index (χ1v) is 6.11. The molecule has 106 valence electrons. The Bertz CT molecular complexity index is 583. The van der Waals surface area contributed by atoms with Gasteiger partial charge in [0.15, 0.2) is 5.69 Å². The average Bonchev–Trinajstić information content (AvgIpc) is 2.88. The summed E-state index contributed by atoms with van der Waals surface area (Å²) in [4.78, 5) is 11.4. The van der Waals surface area contributed by atoms with E-state index in [1.165, 1.54) is 35.1 Å². The van der Waals surface area contributed by atoms with Crippen LogP contribution in [0.3, 0.4) is 0 Å². The molecule has 1 N–H and O–H groups in total. The maximum Gasteiger partial charge on any atom is 0.360 e. The number of hydrogen-bond acceptors (Lipinski definition) is 5. The largest absolute Gasteiger partial charge is 0.461 e. The number of aliphatic hydroxyl groups excluding tert-OH is 1. The molecule has 0 fully saturated rings. The third-order valence-electron chi connectivity index (χ3n) is 2.64. The summed E-state index contributed by atoms with van der Waals surface area (Å²) >= 11 is 0. The van der Waals surface area contributed by atoms with Gasteiger partial charge in [-0.1, -0.05) is 17.3 Å². The highest BCUT2D eigenvalue weighted by Gasteiger charge is 2.14. The van der Waals surface area contributed by atoms with Crippen LogP contribution in [-0.4, -0.2) is 32.7 Å². The van der Waals surface area contributed by atoms with E-state index in [9.17, 15) is 14.3 Å². The number of hydrogen-bond donors (Lipinski definition) is 1. The lowest BCUT2D eigenvalue weighted by atomic mass is 10.1. The fourth-order valence-corrected chi connectivity index (χ4v) is 1.65. The molecule has 0 saturated carbocycles.